The quantitative estimate of drug-likeness (QED) is 0.423. The zero-order valence-corrected chi connectivity index (χ0v) is 14.8. The van der Waals surface area contributed by atoms with Gasteiger partial charge in [-0.3, -0.25) is 0 Å². The first kappa shape index (κ1) is 20.0. The molecule has 0 aliphatic carbocycles. The first-order chi connectivity index (χ1) is 12.5. The summed E-state index contributed by atoms with van der Waals surface area (Å²) in [6.07, 6.45) is -8.65. The molecule has 2 heterocycles. The van der Waals surface area contributed by atoms with Crippen molar-refractivity contribution in [2.24, 2.45) is 0 Å². The highest BCUT2D eigenvalue weighted by Gasteiger charge is 2.44. The molecule has 2 fully saturated rings. The Labute approximate surface area is 155 Å². The van der Waals surface area contributed by atoms with Crippen LogP contribution in [0.5, 0.6) is 0 Å². The molecule has 5 N–H and O–H groups in total. The van der Waals surface area contributed by atoms with Crippen molar-refractivity contribution in [2.45, 2.75) is 54.1 Å². The van der Waals surface area contributed by atoms with Crippen LogP contribution in [-0.4, -0.2) is 87.1 Å². The molecule has 0 bridgehead atoms. The van der Waals surface area contributed by atoms with Gasteiger partial charge in [-0.25, -0.2) is 0 Å². The molecule has 2 aliphatic rings. The standard InChI is InChI=1S/C17H24O8S/c18-10-6-23-16(14(21)12(10)19)25-11-7-24-17(15(22)13(11)20)26-8-9-4-2-1-3-5-9/h1-5,10-22H,6-8H2/t10-,11-,12+,13+,14-,15-,16+,17+/m1/s1. The number of thioether (sulfide) groups is 1. The van der Waals surface area contributed by atoms with E-state index in [-0.39, 0.29) is 13.2 Å². The molecule has 26 heavy (non-hydrogen) atoms. The number of hydrogen-bond acceptors (Lipinski definition) is 9. The smallest absolute Gasteiger partial charge is 0.186 e. The van der Waals surface area contributed by atoms with E-state index in [0.717, 1.165) is 5.56 Å². The SMILES string of the molecule is O[C@@H]1[C@@H](O)[C@H](O[C@@H]2CO[C@@H](SCc3ccccc3)[C@H](O)[C@H]2O)OC[C@H]1O. The molecule has 8 nitrogen and oxygen atoms in total. The maximum absolute atomic E-state index is 10.3. The van der Waals surface area contributed by atoms with Crippen LogP contribution in [0.4, 0.5) is 0 Å². The summed E-state index contributed by atoms with van der Waals surface area (Å²) in [5, 5.41) is 49.7. The van der Waals surface area contributed by atoms with Gasteiger partial charge in [-0.05, 0) is 5.56 Å². The fourth-order valence-electron chi connectivity index (χ4n) is 2.86. The van der Waals surface area contributed by atoms with E-state index in [9.17, 15) is 25.5 Å². The van der Waals surface area contributed by atoms with Gasteiger partial charge in [0.05, 0.1) is 13.2 Å². The lowest BCUT2D eigenvalue weighted by Crippen LogP contribution is -2.58. The third kappa shape index (κ3) is 4.56. The number of benzene rings is 1. The van der Waals surface area contributed by atoms with Crippen molar-refractivity contribution in [3.8, 4) is 0 Å². The molecule has 146 valence electrons. The van der Waals surface area contributed by atoms with Gasteiger partial charge in [0, 0.05) is 5.75 Å². The molecule has 9 heteroatoms. The normalized spacial score (nSPS) is 41.1. The summed E-state index contributed by atoms with van der Waals surface area (Å²) >= 11 is 1.37. The van der Waals surface area contributed by atoms with E-state index in [1.807, 2.05) is 30.3 Å². The fourth-order valence-corrected chi connectivity index (χ4v) is 3.94. The second kappa shape index (κ2) is 8.96. The Hall–Kier alpha value is -0.750. The molecule has 2 saturated heterocycles. The predicted octanol–water partition coefficient (Wildman–Crippen LogP) is -1.18. The van der Waals surface area contributed by atoms with Gasteiger partial charge in [0.1, 0.15) is 42.1 Å². The van der Waals surface area contributed by atoms with E-state index >= 15 is 0 Å². The van der Waals surface area contributed by atoms with Crippen molar-refractivity contribution >= 4 is 11.8 Å². The first-order valence-corrected chi connectivity index (χ1v) is 9.47. The molecule has 0 spiro atoms. The Kier molecular flexibility index (Phi) is 6.89. The van der Waals surface area contributed by atoms with E-state index < -0.39 is 48.3 Å². The van der Waals surface area contributed by atoms with Crippen LogP contribution >= 0.6 is 11.8 Å². The Morgan fingerprint density at radius 3 is 2.35 bits per heavy atom. The summed E-state index contributed by atoms with van der Waals surface area (Å²) in [6.45, 7) is -0.208. The predicted molar refractivity (Wildman–Crippen MR) is 92.1 cm³/mol. The summed E-state index contributed by atoms with van der Waals surface area (Å²) in [7, 11) is 0. The van der Waals surface area contributed by atoms with Crippen molar-refractivity contribution in [3.05, 3.63) is 35.9 Å². The fraction of sp³-hybridized carbons (Fsp3) is 0.647. The monoisotopic (exact) mass is 388 g/mol. The molecule has 2 aliphatic heterocycles. The largest absolute Gasteiger partial charge is 0.388 e. The third-order valence-corrected chi connectivity index (χ3v) is 5.70. The van der Waals surface area contributed by atoms with E-state index in [2.05, 4.69) is 0 Å². The van der Waals surface area contributed by atoms with E-state index in [4.69, 9.17) is 14.2 Å². The van der Waals surface area contributed by atoms with Crippen molar-refractivity contribution < 1.29 is 39.7 Å². The minimum absolute atomic E-state index is 0.00406. The molecule has 0 radical (unpaired) electrons. The maximum Gasteiger partial charge on any atom is 0.186 e. The lowest BCUT2D eigenvalue weighted by Gasteiger charge is -2.41. The van der Waals surface area contributed by atoms with Crippen LogP contribution in [0, 0.1) is 0 Å². The van der Waals surface area contributed by atoms with Crippen molar-refractivity contribution in [1.29, 1.82) is 0 Å². The lowest BCUT2D eigenvalue weighted by atomic mass is 10.0. The summed E-state index contributed by atoms with van der Waals surface area (Å²) in [6, 6.07) is 9.70. The molecule has 1 aromatic rings. The molecule has 0 amide bonds. The summed E-state index contributed by atoms with van der Waals surface area (Å²) in [5.74, 6) is 0.620. The Morgan fingerprint density at radius 1 is 0.885 bits per heavy atom. The van der Waals surface area contributed by atoms with Crippen molar-refractivity contribution in [1.82, 2.24) is 0 Å². The summed E-state index contributed by atoms with van der Waals surface area (Å²) in [5.41, 5.74) is 0.460. The van der Waals surface area contributed by atoms with Gasteiger partial charge >= 0.3 is 0 Å². The lowest BCUT2D eigenvalue weighted by molar-refractivity contribution is -0.306. The van der Waals surface area contributed by atoms with Crippen LogP contribution in [0.3, 0.4) is 0 Å². The van der Waals surface area contributed by atoms with Gasteiger partial charge in [0.25, 0.3) is 0 Å². The Morgan fingerprint density at radius 2 is 1.62 bits per heavy atom. The second-order valence-corrected chi connectivity index (χ2v) is 7.49. The number of rotatable bonds is 5. The molecule has 0 aromatic heterocycles. The highest BCUT2D eigenvalue weighted by atomic mass is 32.2. The van der Waals surface area contributed by atoms with Gasteiger partial charge < -0.3 is 39.7 Å². The zero-order chi connectivity index (χ0) is 18.7. The van der Waals surface area contributed by atoms with Gasteiger partial charge in [-0.15, -0.1) is 11.8 Å². The van der Waals surface area contributed by atoms with Crippen LogP contribution < -0.4 is 0 Å². The van der Waals surface area contributed by atoms with Crippen LogP contribution in [0.15, 0.2) is 30.3 Å². The second-order valence-electron chi connectivity index (χ2n) is 6.40. The Balaban J connectivity index is 1.52. The van der Waals surface area contributed by atoms with Crippen LogP contribution in [0.25, 0.3) is 0 Å². The summed E-state index contributed by atoms with van der Waals surface area (Å²) in [4.78, 5) is 0. The number of aliphatic hydroxyl groups is 5. The van der Waals surface area contributed by atoms with Crippen molar-refractivity contribution in [3.63, 3.8) is 0 Å². The topological polar surface area (TPSA) is 129 Å². The third-order valence-electron chi connectivity index (χ3n) is 4.45. The van der Waals surface area contributed by atoms with Gasteiger partial charge in [0.2, 0.25) is 0 Å². The molecule has 3 rings (SSSR count). The van der Waals surface area contributed by atoms with E-state index in [1.165, 1.54) is 11.8 Å². The van der Waals surface area contributed by atoms with Crippen LogP contribution in [0.1, 0.15) is 5.56 Å². The number of aliphatic hydroxyl groups excluding tert-OH is 5. The van der Waals surface area contributed by atoms with Gasteiger partial charge in [-0.2, -0.15) is 0 Å². The van der Waals surface area contributed by atoms with E-state index in [0.29, 0.717) is 5.75 Å². The van der Waals surface area contributed by atoms with Crippen molar-refractivity contribution in [2.75, 3.05) is 13.2 Å². The highest BCUT2D eigenvalue weighted by molar-refractivity contribution is 7.99. The summed E-state index contributed by atoms with van der Waals surface area (Å²) < 4.78 is 16.2. The Bertz CT molecular complexity index is 561. The molecule has 0 unspecified atom stereocenters. The maximum atomic E-state index is 10.3. The molecule has 1 aromatic carbocycles. The number of hydrogen-bond donors (Lipinski definition) is 5. The first-order valence-electron chi connectivity index (χ1n) is 8.42. The molecule has 0 saturated carbocycles. The molecule has 8 atom stereocenters. The van der Waals surface area contributed by atoms with Crippen LogP contribution in [-0.2, 0) is 20.0 Å². The highest BCUT2D eigenvalue weighted by Crippen LogP contribution is 2.30. The van der Waals surface area contributed by atoms with Gasteiger partial charge in [-0.1, -0.05) is 30.3 Å². The minimum Gasteiger partial charge on any atom is -0.388 e. The van der Waals surface area contributed by atoms with Crippen LogP contribution in [0.2, 0.25) is 0 Å². The zero-order valence-electron chi connectivity index (χ0n) is 14.0. The average molecular weight is 388 g/mol. The van der Waals surface area contributed by atoms with E-state index in [1.54, 1.807) is 0 Å². The molecular formula is C17H24O8S. The minimum atomic E-state index is -1.46. The average Bonchev–Trinajstić information content (AvgIpc) is 2.66. The van der Waals surface area contributed by atoms with Gasteiger partial charge in [0.15, 0.2) is 6.29 Å². The number of ether oxygens (including phenoxy) is 3. The molecular weight excluding hydrogens is 364 g/mol.